The summed E-state index contributed by atoms with van der Waals surface area (Å²) in [5, 5.41) is 20.9. The van der Waals surface area contributed by atoms with Crippen molar-refractivity contribution in [3.8, 4) is 0 Å². The van der Waals surface area contributed by atoms with Crippen LogP contribution < -0.4 is 10.6 Å². The van der Waals surface area contributed by atoms with Gasteiger partial charge in [0.05, 0.1) is 12.1 Å². The van der Waals surface area contributed by atoms with Crippen molar-refractivity contribution in [3.05, 3.63) is 11.6 Å². The number of rotatable bonds is 4. The maximum Gasteiger partial charge on any atom is 0.315 e. The lowest BCUT2D eigenvalue weighted by molar-refractivity contribution is 0.0845. The fourth-order valence-electron chi connectivity index (χ4n) is 4.11. The zero-order valence-electron chi connectivity index (χ0n) is 15.5. The lowest BCUT2D eigenvalue weighted by atomic mass is 9.83. The highest BCUT2D eigenvalue weighted by Crippen LogP contribution is 2.33. The van der Waals surface area contributed by atoms with Crippen molar-refractivity contribution < 1.29 is 9.90 Å². The van der Waals surface area contributed by atoms with Crippen molar-refractivity contribution in [2.75, 3.05) is 0 Å². The molecule has 0 aliphatic heterocycles. The summed E-state index contributed by atoms with van der Waals surface area (Å²) in [6.45, 7) is 6.10. The van der Waals surface area contributed by atoms with Gasteiger partial charge in [0.25, 0.3) is 0 Å². The van der Waals surface area contributed by atoms with Crippen LogP contribution >= 0.6 is 0 Å². The van der Waals surface area contributed by atoms with E-state index < -0.39 is 6.10 Å². The topological polar surface area (TPSA) is 92.1 Å². The molecule has 1 aromatic rings. The van der Waals surface area contributed by atoms with Gasteiger partial charge >= 0.3 is 6.03 Å². The van der Waals surface area contributed by atoms with Crippen LogP contribution in [0.15, 0.2) is 0 Å². The third-order valence-corrected chi connectivity index (χ3v) is 5.44. The Balaban J connectivity index is 1.64. The van der Waals surface area contributed by atoms with E-state index in [1.54, 1.807) is 0 Å². The van der Waals surface area contributed by atoms with Crippen molar-refractivity contribution in [2.24, 2.45) is 0 Å². The molecule has 0 radical (unpaired) electrons. The Morgan fingerprint density at radius 1 is 1.20 bits per heavy atom. The summed E-state index contributed by atoms with van der Waals surface area (Å²) in [6.07, 6.45) is 6.22. The average Bonchev–Trinajstić information content (AvgIpc) is 3.19. The molecule has 25 heavy (non-hydrogen) atoms. The molecule has 0 saturated heterocycles. The van der Waals surface area contributed by atoms with Crippen LogP contribution in [0.1, 0.15) is 82.4 Å². The van der Waals surface area contributed by atoms with E-state index in [4.69, 9.17) is 0 Å². The average molecular weight is 349 g/mol. The fraction of sp³-hybridized carbons (Fsp3) is 0.833. The van der Waals surface area contributed by atoms with Crippen LogP contribution in [0.2, 0.25) is 0 Å². The summed E-state index contributed by atoms with van der Waals surface area (Å²) < 4.78 is 1.98. The molecule has 2 aliphatic rings. The van der Waals surface area contributed by atoms with E-state index >= 15 is 0 Å². The molecule has 7 heteroatoms. The van der Waals surface area contributed by atoms with Gasteiger partial charge in [-0.3, -0.25) is 0 Å². The molecule has 0 bridgehead atoms. The van der Waals surface area contributed by atoms with Crippen molar-refractivity contribution >= 4 is 6.03 Å². The van der Waals surface area contributed by atoms with E-state index in [9.17, 15) is 9.90 Å². The van der Waals surface area contributed by atoms with E-state index in [-0.39, 0.29) is 30.1 Å². The number of nitrogens with one attached hydrogen (secondary N) is 2. The molecule has 0 aromatic carbocycles. The number of aliphatic hydroxyl groups is 1. The predicted molar refractivity (Wildman–Crippen MR) is 95.5 cm³/mol. The minimum Gasteiger partial charge on any atom is -0.391 e. The summed E-state index contributed by atoms with van der Waals surface area (Å²) >= 11 is 0. The van der Waals surface area contributed by atoms with Crippen molar-refractivity contribution in [3.63, 3.8) is 0 Å². The number of aryl methyl sites for hydroxylation is 1. The Hall–Kier alpha value is -1.63. The number of urea groups is 1. The van der Waals surface area contributed by atoms with Crippen LogP contribution in [0.25, 0.3) is 0 Å². The molecule has 1 aromatic heterocycles. The summed E-state index contributed by atoms with van der Waals surface area (Å²) in [6, 6.07) is 0.138. The van der Waals surface area contributed by atoms with Gasteiger partial charge < -0.3 is 15.7 Å². The number of amides is 2. The number of hydrogen-bond acceptors (Lipinski definition) is 4. The molecule has 2 fully saturated rings. The zero-order chi connectivity index (χ0) is 18.0. The lowest BCUT2D eigenvalue weighted by Crippen LogP contribution is -2.51. The molecule has 0 spiro atoms. The van der Waals surface area contributed by atoms with E-state index in [2.05, 4.69) is 34.6 Å². The molecule has 140 valence electrons. The highest BCUT2D eigenvalue weighted by Gasteiger charge is 2.34. The highest BCUT2D eigenvalue weighted by molar-refractivity contribution is 5.74. The van der Waals surface area contributed by atoms with Gasteiger partial charge in [-0.1, -0.05) is 12.8 Å². The first-order chi connectivity index (χ1) is 11.9. The monoisotopic (exact) mass is 349 g/mol. The number of carbonyl (C=O) groups is 1. The Labute approximate surface area is 149 Å². The van der Waals surface area contributed by atoms with Crippen LogP contribution in [0, 0.1) is 6.92 Å². The lowest BCUT2D eigenvalue weighted by Gasteiger charge is -2.34. The van der Waals surface area contributed by atoms with E-state index in [0.29, 0.717) is 12.8 Å². The van der Waals surface area contributed by atoms with E-state index in [1.165, 1.54) is 12.8 Å². The van der Waals surface area contributed by atoms with Gasteiger partial charge in [0, 0.05) is 18.0 Å². The Morgan fingerprint density at radius 2 is 1.92 bits per heavy atom. The first-order valence-corrected chi connectivity index (χ1v) is 9.62. The van der Waals surface area contributed by atoms with Crippen molar-refractivity contribution in [2.45, 2.75) is 95.9 Å². The van der Waals surface area contributed by atoms with Gasteiger partial charge in [-0.2, -0.15) is 5.10 Å². The molecular formula is C18H31N5O2. The normalized spacial score (nSPS) is 27.6. The van der Waals surface area contributed by atoms with Crippen LogP contribution in [-0.2, 0) is 0 Å². The third kappa shape index (κ3) is 4.32. The predicted octanol–water partition coefficient (Wildman–Crippen LogP) is 2.41. The van der Waals surface area contributed by atoms with Crippen LogP contribution in [0.3, 0.4) is 0 Å². The fourth-order valence-corrected chi connectivity index (χ4v) is 4.11. The number of aromatic nitrogens is 3. The second kappa shape index (κ2) is 7.72. The standard InChI is InChI=1S/C18H31N5O2/c1-11(2)23-17(19-12(3)22-23)13-8-9-16(24)15(10-13)21-18(25)20-14-6-4-5-7-14/h11,13-16,24H,4-10H2,1-3H3,(H2,20,21,25)/t13-,15+,16+/m0/s1. The second-order valence-corrected chi connectivity index (χ2v) is 7.84. The largest absolute Gasteiger partial charge is 0.391 e. The first-order valence-electron chi connectivity index (χ1n) is 9.62. The van der Waals surface area contributed by atoms with Gasteiger partial charge in [0.1, 0.15) is 11.6 Å². The third-order valence-electron chi connectivity index (χ3n) is 5.44. The van der Waals surface area contributed by atoms with Crippen LogP contribution in [0.5, 0.6) is 0 Å². The van der Waals surface area contributed by atoms with Gasteiger partial charge in [-0.15, -0.1) is 0 Å². The molecule has 7 nitrogen and oxygen atoms in total. The van der Waals surface area contributed by atoms with Crippen molar-refractivity contribution in [1.29, 1.82) is 0 Å². The van der Waals surface area contributed by atoms with Crippen LogP contribution in [0.4, 0.5) is 4.79 Å². The maximum absolute atomic E-state index is 12.3. The Kier molecular flexibility index (Phi) is 5.61. The summed E-state index contributed by atoms with van der Waals surface area (Å²) in [5.41, 5.74) is 0. The smallest absolute Gasteiger partial charge is 0.315 e. The van der Waals surface area contributed by atoms with Gasteiger partial charge in [-0.25, -0.2) is 14.5 Å². The molecule has 2 saturated carbocycles. The van der Waals surface area contributed by atoms with E-state index in [1.807, 2.05) is 11.6 Å². The van der Waals surface area contributed by atoms with Gasteiger partial charge in [0.15, 0.2) is 0 Å². The first kappa shape index (κ1) is 18.2. The van der Waals surface area contributed by atoms with Crippen molar-refractivity contribution in [1.82, 2.24) is 25.4 Å². The second-order valence-electron chi connectivity index (χ2n) is 7.84. The zero-order valence-corrected chi connectivity index (χ0v) is 15.5. The Bertz CT molecular complexity index is 594. The maximum atomic E-state index is 12.3. The number of carbonyl (C=O) groups excluding carboxylic acids is 1. The number of aliphatic hydroxyl groups excluding tert-OH is 1. The SMILES string of the molecule is Cc1nc([C@H]2CC[C@@H](O)[C@H](NC(=O)NC3CCCC3)C2)n(C(C)C)n1. The minimum atomic E-state index is -0.498. The molecular weight excluding hydrogens is 318 g/mol. The molecule has 3 rings (SSSR count). The minimum absolute atomic E-state index is 0.155. The van der Waals surface area contributed by atoms with Gasteiger partial charge in [-0.05, 0) is 52.9 Å². The summed E-state index contributed by atoms with van der Waals surface area (Å²) in [4.78, 5) is 16.9. The Morgan fingerprint density at radius 3 is 2.60 bits per heavy atom. The molecule has 0 unspecified atom stereocenters. The van der Waals surface area contributed by atoms with Gasteiger partial charge in [0.2, 0.25) is 0 Å². The highest BCUT2D eigenvalue weighted by atomic mass is 16.3. The van der Waals surface area contributed by atoms with E-state index in [0.717, 1.165) is 30.9 Å². The quantitative estimate of drug-likeness (QED) is 0.778. The molecule has 2 aliphatic carbocycles. The molecule has 2 amide bonds. The van der Waals surface area contributed by atoms with Crippen LogP contribution in [-0.4, -0.2) is 44.1 Å². The molecule has 1 heterocycles. The number of hydrogen-bond donors (Lipinski definition) is 3. The molecule has 3 atom stereocenters. The number of nitrogens with zero attached hydrogens (tertiary/aromatic N) is 3. The molecule has 3 N–H and O–H groups in total. The summed E-state index contributed by atoms with van der Waals surface area (Å²) in [7, 11) is 0. The summed E-state index contributed by atoms with van der Waals surface area (Å²) in [5.74, 6) is 1.96.